The van der Waals surface area contributed by atoms with Crippen molar-refractivity contribution in [2.75, 3.05) is 12.0 Å². The zero-order chi connectivity index (χ0) is 20.6. The highest BCUT2D eigenvalue weighted by Crippen LogP contribution is 2.38. The van der Waals surface area contributed by atoms with Crippen molar-refractivity contribution in [3.63, 3.8) is 0 Å². The molecule has 2 aromatic rings. The second-order valence-electron chi connectivity index (χ2n) is 6.22. The van der Waals surface area contributed by atoms with Crippen LogP contribution in [0.4, 0.5) is 5.69 Å². The Morgan fingerprint density at radius 2 is 1.68 bits per heavy atom. The first kappa shape index (κ1) is 20.5. The molecule has 0 radical (unpaired) electrons. The summed E-state index contributed by atoms with van der Waals surface area (Å²) in [6.45, 7) is 3.54. The van der Waals surface area contributed by atoms with Crippen LogP contribution in [0.2, 0.25) is 15.1 Å². The van der Waals surface area contributed by atoms with Gasteiger partial charge in [-0.2, -0.15) is 0 Å². The van der Waals surface area contributed by atoms with Crippen molar-refractivity contribution in [3.05, 3.63) is 79.4 Å². The minimum Gasteiger partial charge on any atom is -0.465 e. The number of hydrogen-bond donors (Lipinski definition) is 0. The summed E-state index contributed by atoms with van der Waals surface area (Å²) >= 11 is 18.7. The van der Waals surface area contributed by atoms with Gasteiger partial charge in [-0.1, -0.05) is 46.9 Å². The molecule has 0 aliphatic carbocycles. The van der Waals surface area contributed by atoms with E-state index in [1.165, 1.54) is 18.1 Å². The van der Waals surface area contributed by atoms with Crippen LogP contribution in [0.25, 0.3) is 6.08 Å². The third kappa shape index (κ3) is 3.55. The van der Waals surface area contributed by atoms with Gasteiger partial charge >= 0.3 is 5.97 Å². The maximum atomic E-state index is 13.2. The lowest BCUT2D eigenvalue weighted by Gasteiger charge is -2.18. The number of halogens is 3. The summed E-state index contributed by atoms with van der Waals surface area (Å²) in [7, 11) is 1.26. The van der Waals surface area contributed by atoms with Crippen LogP contribution in [0.5, 0.6) is 0 Å². The van der Waals surface area contributed by atoms with Crippen LogP contribution in [0.3, 0.4) is 0 Å². The fourth-order valence-electron chi connectivity index (χ4n) is 3.00. The van der Waals surface area contributed by atoms with Gasteiger partial charge in [0.25, 0.3) is 5.91 Å². The third-order valence-corrected chi connectivity index (χ3v) is 5.56. The number of amides is 1. The molecule has 0 saturated carbocycles. The average molecular weight is 437 g/mol. The lowest BCUT2D eigenvalue weighted by Crippen LogP contribution is -2.24. The average Bonchev–Trinajstić information content (AvgIpc) is 2.90. The first-order chi connectivity index (χ1) is 13.3. The molecule has 0 bridgehead atoms. The summed E-state index contributed by atoms with van der Waals surface area (Å²) in [6, 6.07) is 10.3. The van der Waals surface area contributed by atoms with E-state index in [1.54, 1.807) is 37.3 Å². The van der Waals surface area contributed by atoms with Gasteiger partial charge in [-0.05, 0) is 49.8 Å². The quantitative estimate of drug-likeness (QED) is 0.449. The summed E-state index contributed by atoms with van der Waals surface area (Å²) in [5, 5.41) is 1.25. The standard InChI is InChI=1S/C21H16Cl3NO3/c1-11-7-8-13(9-18(11)24)25-12(2)19(21(27)28-3)15(20(25)26)10-14-16(22)5-4-6-17(14)23/h4-10H,1-3H3/b15-10-. The van der Waals surface area contributed by atoms with Gasteiger partial charge in [0, 0.05) is 26.3 Å². The lowest BCUT2D eigenvalue weighted by atomic mass is 10.0. The molecule has 144 valence electrons. The zero-order valence-corrected chi connectivity index (χ0v) is 17.6. The Balaban J connectivity index is 2.21. The molecular weight excluding hydrogens is 421 g/mol. The van der Waals surface area contributed by atoms with E-state index in [0.29, 0.717) is 32.0 Å². The number of esters is 1. The SMILES string of the molecule is COC(=O)C1=C(C)N(c2ccc(C)c(Cl)c2)C(=O)/C1=C\c1c(Cl)cccc1Cl. The summed E-state index contributed by atoms with van der Waals surface area (Å²) in [4.78, 5) is 27.1. The fraction of sp³-hybridized carbons (Fsp3) is 0.143. The predicted octanol–water partition coefficient (Wildman–Crippen LogP) is 5.83. The Hall–Kier alpha value is -2.27. The number of aryl methyl sites for hydroxylation is 1. The summed E-state index contributed by atoms with van der Waals surface area (Å²) in [6.07, 6.45) is 1.51. The molecule has 1 amide bonds. The number of hydrogen-bond acceptors (Lipinski definition) is 3. The zero-order valence-electron chi connectivity index (χ0n) is 15.3. The van der Waals surface area contributed by atoms with Crippen molar-refractivity contribution in [3.8, 4) is 0 Å². The first-order valence-corrected chi connectivity index (χ1v) is 9.45. The Bertz CT molecular complexity index is 1040. The highest BCUT2D eigenvalue weighted by molar-refractivity contribution is 6.38. The van der Waals surface area contributed by atoms with Crippen molar-refractivity contribution in [1.82, 2.24) is 0 Å². The lowest BCUT2D eigenvalue weighted by molar-refractivity contribution is -0.136. The minimum atomic E-state index is -0.624. The molecule has 0 saturated heterocycles. The molecule has 1 heterocycles. The topological polar surface area (TPSA) is 46.6 Å². The predicted molar refractivity (Wildman–Crippen MR) is 113 cm³/mol. The van der Waals surface area contributed by atoms with E-state index in [2.05, 4.69) is 0 Å². The number of rotatable bonds is 3. The van der Waals surface area contributed by atoms with Gasteiger partial charge < -0.3 is 4.74 Å². The van der Waals surface area contributed by atoms with Crippen molar-refractivity contribution >= 4 is 58.4 Å². The Kier molecular flexibility index (Phi) is 5.84. The van der Waals surface area contributed by atoms with Gasteiger partial charge in [0.05, 0.1) is 23.9 Å². The maximum Gasteiger partial charge on any atom is 0.340 e. The number of benzene rings is 2. The van der Waals surface area contributed by atoms with Crippen LogP contribution in [0.1, 0.15) is 18.1 Å². The maximum absolute atomic E-state index is 13.2. The van der Waals surface area contributed by atoms with E-state index in [9.17, 15) is 9.59 Å². The summed E-state index contributed by atoms with van der Waals surface area (Å²) in [5.41, 5.74) is 2.62. The number of methoxy groups -OCH3 is 1. The van der Waals surface area contributed by atoms with Crippen molar-refractivity contribution in [2.45, 2.75) is 13.8 Å². The van der Waals surface area contributed by atoms with E-state index >= 15 is 0 Å². The summed E-state index contributed by atoms with van der Waals surface area (Å²) < 4.78 is 4.90. The van der Waals surface area contributed by atoms with Crippen molar-refractivity contribution in [2.24, 2.45) is 0 Å². The monoisotopic (exact) mass is 435 g/mol. The largest absolute Gasteiger partial charge is 0.465 e. The number of carbonyl (C=O) groups excluding carboxylic acids is 2. The van der Waals surface area contributed by atoms with Crippen LogP contribution in [0, 0.1) is 6.92 Å². The summed E-state index contributed by atoms with van der Waals surface area (Å²) in [5.74, 6) is -1.02. The molecule has 28 heavy (non-hydrogen) atoms. The van der Waals surface area contributed by atoms with Crippen LogP contribution in [-0.2, 0) is 14.3 Å². The fourth-order valence-corrected chi connectivity index (χ4v) is 3.69. The highest BCUT2D eigenvalue weighted by atomic mass is 35.5. The van der Waals surface area contributed by atoms with Crippen LogP contribution in [-0.4, -0.2) is 19.0 Å². The van der Waals surface area contributed by atoms with Crippen LogP contribution < -0.4 is 4.90 Å². The van der Waals surface area contributed by atoms with Gasteiger partial charge in [0.2, 0.25) is 0 Å². The highest BCUT2D eigenvalue weighted by Gasteiger charge is 2.38. The molecule has 1 aliphatic rings. The second-order valence-corrected chi connectivity index (χ2v) is 7.44. The molecule has 0 spiro atoms. The van der Waals surface area contributed by atoms with E-state index in [-0.39, 0.29) is 11.1 Å². The number of carbonyl (C=O) groups is 2. The number of anilines is 1. The van der Waals surface area contributed by atoms with Crippen LogP contribution >= 0.6 is 34.8 Å². The number of ether oxygens (including phenoxy) is 1. The third-order valence-electron chi connectivity index (χ3n) is 4.49. The number of nitrogens with zero attached hydrogens (tertiary/aromatic N) is 1. The van der Waals surface area contributed by atoms with E-state index in [0.717, 1.165) is 5.56 Å². The van der Waals surface area contributed by atoms with E-state index in [4.69, 9.17) is 39.5 Å². The Morgan fingerprint density at radius 1 is 1.04 bits per heavy atom. The molecule has 0 unspecified atom stereocenters. The molecule has 1 aliphatic heterocycles. The van der Waals surface area contributed by atoms with E-state index in [1.807, 2.05) is 13.0 Å². The van der Waals surface area contributed by atoms with Gasteiger partial charge in [0.15, 0.2) is 0 Å². The molecule has 7 heteroatoms. The van der Waals surface area contributed by atoms with Gasteiger partial charge in [-0.25, -0.2) is 4.79 Å². The molecule has 2 aromatic carbocycles. The van der Waals surface area contributed by atoms with Gasteiger partial charge in [0.1, 0.15) is 0 Å². The molecule has 0 atom stereocenters. The molecule has 3 rings (SSSR count). The van der Waals surface area contributed by atoms with Gasteiger partial charge in [-0.15, -0.1) is 0 Å². The van der Waals surface area contributed by atoms with E-state index < -0.39 is 11.9 Å². The smallest absolute Gasteiger partial charge is 0.340 e. The molecule has 0 fully saturated rings. The second kappa shape index (κ2) is 8.00. The molecule has 4 nitrogen and oxygen atoms in total. The first-order valence-electron chi connectivity index (χ1n) is 8.32. The molecule has 0 N–H and O–H groups in total. The van der Waals surface area contributed by atoms with Crippen molar-refractivity contribution in [1.29, 1.82) is 0 Å². The minimum absolute atomic E-state index is 0.149. The van der Waals surface area contributed by atoms with Crippen molar-refractivity contribution < 1.29 is 14.3 Å². The molecule has 0 aromatic heterocycles. The van der Waals surface area contributed by atoms with Gasteiger partial charge in [-0.3, -0.25) is 9.69 Å². The number of allylic oxidation sites excluding steroid dienone is 1. The Morgan fingerprint density at radius 3 is 2.25 bits per heavy atom. The Labute approximate surface area is 177 Å². The van der Waals surface area contributed by atoms with Crippen LogP contribution in [0.15, 0.2) is 53.2 Å². The normalized spacial score (nSPS) is 15.6. The molecular formula is C21H16Cl3NO3.